The van der Waals surface area contributed by atoms with Gasteiger partial charge in [0, 0.05) is 26.6 Å². The average Bonchev–Trinajstić information content (AvgIpc) is 2.19. The summed E-state index contributed by atoms with van der Waals surface area (Å²) >= 11 is 0. The third-order valence-electron chi connectivity index (χ3n) is 2.64. The molecule has 0 radical (unpaired) electrons. The molecular weight excluding hydrogens is 178 g/mol. The van der Waals surface area contributed by atoms with E-state index in [0.29, 0.717) is 6.42 Å². The highest BCUT2D eigenvalue weighted by molar-refractivity contribution is 5.75. The largest absolute Gasteiger partial charge is 0.376 e. The van der Waals surface area contributed by atoms with Gasteiger partial charge in [-0.2, -0.15) is 0 Å². The first-order valence-corrected chi connectivity index (χ1v) is 5.59. The summed E-state index contributed by atoms with van der Waals surface area (Å²) in [6.45, 7) is 3.65. The molecule has 0 spiro atoms. The minimum atomic E-state index is 0.238. The molecule has 82 valence electrons. The van der Waals surface area contributed by atoms with E-state index < -0.39 is 0 Å². The van der Waals surface area contributed by atoms with E-state index in [0.717, 1.165) is 26.0 Å². The zero-order valence-corrected chi connectivity index (χ0v) is 9.29. The fraction of sp³-hybridized carbons (Fsp3) is 0.909. The summed E-state index contributed by atoms with van der Waals surface area (Å²) in [6.07, 6.45) is 5.36. The van der Waals surface area contributed by atoms with E-state index in [9.17, 15) is 4.79 Å². The van der Waals surface area contributed by atoms with Gasteiger partial charge in [-0.3, -0.25) is 4.79 Å². The van der Waals surface area contributed by atoms with Crippen LogP contribution in [0.2, 0.25) is 0 Å². The zero-order valence-electron chi connectivity index (χ0n) is 9.29. The molecule has 0 aromatic heterocycles. The van der Waals surface area contributed by atoms with Crippen molar-refractivity contribution in [2.45, 2.75) is 45.1 Å². The summed E-state index contributed by atoms with van der Waals surface area (Å²) in [5, 5.41) is 0. The molecule has 0 aliphatic carbocycles. The molecular formula is C11H21NO2. The summed E-state index contributed by atoms with van der Waals surface area (Å²) in [4.78, 5) is 13.3. The highest BCUT2D eigenvalue weighted by Crippen LogP contribution is 2.13. The second-order valence-corrected chi connectivity index (χ2v) is 4.01. The number of hydrogen-bond acceptors (Lipinski definition) is 2. The molecule has 3 heteroatoms. The smallest absolute Gasteiger partial charge is 0.222 e. The van der Waals surface area contributed by atoms with Crippen LogP contribution in [0, 0.1) is 0 Å². The van der Waals surface area contributed by atoms with Gasteiger partial charge < -0.3 is 9.64 Å². The Morgan fingerprint density at radius 1 is 1.50 bits per heavy atom. The number of carbonyl (C=O) groups excluding carboxylic acids is 1. The van der Waals surface area contributed by atoms with Crippen LogP contribution in [0.4, 0.5) is 0 Å². The van der Waals surface area contributed by atoms with E-state index in [1.54, 1.807) is 4.90 Å². The monoisotopic (exact) mass is 199 g/mol. The lowest BCUT2D eigenvalue weighted by molar-refractivity contribution is -0.132. The maximum absolute atomic E-state index is 11.5. The highest BCUT2D eigenvalue weighted by atomic mass is 16.5. The van der Waals surface area contributed by atoms with Crippen molar-refractivity contribution < 1.29 is 9.53 Å². The van der Waals surface area contributed by atoms with Gasteiger partial charge in [0.15, 0.2) is 0 Å². The molecule has 1 amide bonds. The average molecular weight is 199 g/mol. The summed E-state index contributed by atoms with van der Waals surface area (Å²) in [5.41, 5.74) is 0. The summed E-state index contributed by atoms with van der Waals surface area (Å²) < 4.78 is 5.58. The maximum Gasteiger partial charge on any atom is 0.222 e. The third kappa shape index (κ3) is 3.66. The Bertz CT molecular complexity index is 176. The van der Waals surface area contributed by atoms with Crippen molar-refractivity contribution in [1.82, 2.24) is 4.90 Å². The van der Waals surface area contributed by atoms with Crippen molar-refractivity contribution in [2.75, 3.05) is 20.2 Å². The second-order valence-electron chi connectivity index (χ2n) is 4.01. The fourth-order valence-corrected chi connectivity index (χ4v) is 1.76. The Labute approximate surface area is 86.4 Å². The fourth-order valence-electron chi connectivity index (χ4n) is 1.76. The van der Waals surface area contributed by atoms with Crippen molar-refractivity contribution >= 4 is 5.91 Å². The molecule has 1 fully saturated rings. The van der Waals surface area contributed by atoms with E-state index in [2.05, 4.69) is 0 Å². The van der Waals surface area contributed by atoms with Crippen LogP contribution in [0.15, 0.2) is 0 Å². The Hall–Kier alpha value is -0.570. The van der Waals surface area contributed by atoms with Crippen molar-refractivity contribution in [3.05, 3.63) is 0 Å². The predicted octanol–water partition coefficient (Wildman–Crippen LogP) is 1.81. The molecule has 1 rings (SSSR count). The molecule has 1 atom stereocenters. The molecule has 3 nitrogen and oxygen atoms in total. The van der Waals surface area contributed by atoms with Crippen LogP contribution < -0.4 is 0 Å². The van der Waals surface area contributed by atoms with E-state index in [4.69, 9.17) is 4.74 Å². The van der Waals surface area contributed by atoms with Gasteiger partial charge in [-0.15, -0.1) is 0 Å². The standard InChI is InChI=1S/C11H21NO2/c1-3-6-11(13)12(2)9-10-7-4-5-8-14-10/h10H,3-9H2,1-2H3. The Morgan fingerprint density at radius 3 is 2.86 bits per heavy atom. The van der Waals surface area contributed by atoms with Crippen molar-refractivity contribution in [2.24, 2.45) is 0 Å². The molecule has 1 unspecified atom stereocenters. The minimum absolute atomic E-state index is 0.238. The van der Waals surface area contributed by atoms with Crippen LogP contribution in [0.1, 0.15) is 39.0 Å². The number of amides is 1. The molecule has 0 N–H and O–H groups in total. The van der Waals surface area contributed by atoms with Crippen LogP contribution in [0.25, 0.3) is 0 Å². The van der Waals surface area contributed by atoms with Crippen molar-refractivity contribution in [1.29, 1.82) is 0 Å². The van der Waals surface area contributed by atoms with E-state index in [-0.39, 0.29) is 12.0 Å². The number of nitrogens with zero attached hydrogens (tertiary/aromatic N) is 1. The van der Waals surface area contributed by atoms with E-state index >= 15 is 0 Å². The van der Waals surface area contributed by atoms with Crippen LogP contribution >= 0.6 is 0 Å². The second kappa shape index (κ2) is 6.02. The van der Waals surface area contributed by atoms with Crippen molar-refractivity contribution in [3.8, 4) is 0 Å². The molecule has 0 aromatic rings. The number of carbonyl (C=O) groups is 1. The van der Waals surface area contributed by atoms with Crippen LogP contribution in [0.3, 0.4) is 0 Å². The molecule has 14 heavy (non-hydrogen) atoms. The first-order valence-electron chi connectivity index (χ1n) is 5.59. The Balaban J connectivity index is 2.24. The van der Waals surface area contributed by atoms with Crippen LogP contribution in [-0.4, -0.2) is 37.1 Å². The summed E-state index contributed by atoms with van der Waals surface area (Å²) in [5.74, 6) is 0.238. The SMILES string of the molecule is CCCC(=O)N(C)CC1CCCCO1. The molecule has 0 bridgehead atoms. The molecule has 0 aromatic carbocycles. The molecule has 0 saturated carbocycles. The number of ether oxygens (including phenoxy) is 1. The predicted molar refractivity (Wildman–Crippen MR) is 56.1 cm³/mol. The number of rotatable bonds is 4. The van der Waals surface area contributed by atoms with Gasteiger partial charge in [-0.05, 0) is 25.7 Å². The highest BCUT2D eigenvalue weighted by Gasteiger charge is 2.17. The maximum atomic E-state index is 11.5. The van der Waals surface area contributed by atoms with Gasteiger partial charge in [0.1, 0.15) is 0 Å². The van der Waals surface area contributed by atoms with Gasteiger partial charge in [-0.1, -0.05) is 6.92 Å². The normalized spacial score (nSPS) is 22.0. The molecule has 1 heterocycles. The zero-order chi connectivity index (χ0) is 10.4. The quantitative estimate of drug-likeness (QED) is 0.691. The van der Waals surface area contributed by atoms with Gasteiger partial charge in [-0.25, -0.2) is 0 Å². The Morgan fingerprint density at radius 2 is 2.29 bits per heavy atom. The van der Waals surface area contributed by atoms with E-state index in [1.807, 2.05) is 14.0 Å². The number of likely N-dealkylation sites (N-methyl/N-ethyl adjacent to an activating group) is 1. The lowest BCUT2D eigenvalue weighted by Crippen LogP contribution is -2.36. The van der Waals surface area contributed by atoms with E-state index in [1.165, 1.54) is 12.8 Å². The molecule has 1 saturated heterocycles. The van der Waals surface area contributed by atoms with Gasteiger partial charge in [0.2, 0.25) is 5.91 Å². The van der Waals surface area contributed by atoms with Gasteiger partial charge in [0.25, 0.3) is 0 Å². The first-order chi connectivity index (χ1) is 6.74. The van der Waals surface area contributed by atoms with Crippen LogP contribution in [0.5, 0.6) is 0 Å². The van der Waals surface area contributed by atoms with Crippen LogP contribution in [-0.2, 0) is 9.53 Å². The molecule has 1 aliphatic heterocycles. The summed E-state index contributed by atoms with van der Waals surface area (Å²) in [7, 11) is 1.87. The minimum Gasteiger partial charge on any atom is -0.376 e. The van der Waals surface area contributed by atoms with Gasteiger partial charge in [0.05, 0.1) is 6.10 Å². The first kappa shape index (κ1) is 11.5. The van der Waals surface area contributed by atoms with Crippen molar-refractivity contribution in [3.63, 3.8) is 0 Å². The topological polar surface area (TPSA) is 29.5 Å². The molecule has 1 aliphatic rings. The van der Waals surface area contributed by atoms with Gasteiger partial charge >= 0.3 is 0 Å². The number of hydrogen-bond donors (Lipinski definition) is 0. The lowest BCUT2D eigenvalue weighted by Gasteiger charge is -2.27. The third-order valence-corrected chi connectivity index (χ3v) is 2.64. The Kier molecular flexibility index (Phi) is 4.94. The lowest BCUT2D eigenvalue weighted by atomic mass is 10.1. The summed E-state index contributed by atoms with van der Waals surface area (Å²) in [6, 6.07) is 0.